The number of halogens is 1. The Kier molecular flexibility index (Phi) is 5.09. The predicted octanol–water partition coefficient (Wildman–Crippen LogP) is 4.11. The Hall–Kier alpha value is -1.46. The molecule has 104 valence electrons. The summed E-state index contributed by atoms with van der Waals surface area (Å²) in [6.07, 6.45) is 0. The first-order valence-electron chi connectivity index (χ1n) is 5.95. The zero-order valence-corrected chi connectivity index (χ0v) is 13.3. The summed E-state index contributed by atoms with van der Waals surface area (Å²) in [6.45, 7) is 0. The number of esters is 1. The standard InChI is InChI=1S/C15H14BrNO2S/c1-19-15(18)10-2-3-11(14(16)8-10)9-20-13-6-4-12(17)5-7-13/h2-8H,9,17H2,1H3. The molecule has 0 unspecified atom stereocenters. The SMILES string of the molecule is COC(=O)c1ccc(CSc2ccc(N)cc2)c(Br)c1. The third kappa shape index (κ3) is 3.77. The van der Waals surface area contributed by atoms with E-state index in [1.165, 1.54) is 7.11 Å². The highest BCUT2D eigenvalue weighted by Crippen LogP contribution is 2.28. The van der Waals surface area contributed by atoms with E-state index < -0.39 is 0 Å². The van der Waals surface area contributed by atoms with Crippen LogP contribution in [0.1, 0.15) is 15.9 Å². The number of anilines is 1. The Morgan fingerprint density at radius 2 is 1.95 bits per heavy atom. The largest absolute Gasteiger partial charge is 0.465 e. The number of nitrogens with two attached hydrogens (primary N) is 1. The van der Waals surface area contributed by atoms with Crippen LogP contribution in [-0.4, -0.2) is 13.1 Å². The predicted molar refractivity (Wildman–Crippen MR) is 85.9 cm³/mol. The van der Waals surface area contributed by atoms with Crippen molar-refractivity contribution in [2.75, 3.05) is 12.8 Å². The van der Waals surface area contributed by atoms with Gasteiger partial charge in [-0.05, 0) is 42.0 Å². The molecule has 0 saturated heterocycles. The second kappa shape index (κ2) is 6.81. The molecule has 0 aliphatic rings. The molecule has 0 fully saturated rings. The topological polar surface area (TPSA) is 52.3 Å². The molecule has 0 heterocycles. The van der Waals surface area contributed by atoms with Crippen LogP contribution in [0.15, 0.2) is 51.8 Å². The number of thioether (sulfide) groups is 1. The number of carbonyl (C=O) groups is 1. The lowest BCUT2D eigenvalue weighted by molar-refractivity contribution is 0.0600. The summed E-state index contributed by atoms with van der Waals surface area (Å²) in [5, 5.41) is 0. The molecule has 3 nitrogen and oxygen atoms in total. The van der Waals surface area contributed by atoms with Crippen molar-refractivity contribution in [2.45, 2.75) is 10.6 Å². The summed E-state index contributed by atoms with van der Waals surface area (Å²) in [4.78, 5) is 12.6. The van der Waals surface area contributed by atoms with Crippen molar-refractivity contribution in [3.63, 3.8) is 0 Å². The number of benzene rings is 2. The van der Waals surface area contributed by atoms with Crippen LogP contribution in [0.25, 0.3) is 0 Å². The van der Waals surface area contributed by atoms with Crippen LogP contribution in [0.2, 0.25) is 0 Å². The number of rotatable bonds is 4. The van der Waals surface area contributed by atoms with Gasteiger partial charge in [-0.3, -0.25) is 0 Å². The van der Waals surface area contributed by atoms with Crippen LogP contribution in [0.3, 0.4) is 0 Å². The van der Waals surface area contributed by atoms with Gasteiger partial charge in [0.1, 0.15) is 0 Å². The lowest BCUT2D eigenvalue weighted by Gasteiger charge is -2.07. The van der Waals surface area contributed by atoms with Gasteiger partial charge in [-0.2, -0.15) is 0 Å². The first kappa shape index (κ1) is 14.9. The molecule has 0 saturated carbocycles. The number of ether oxygens (including phenoxy) is 1. The second-order valence-electron chi connectivity index (χ2n) is 4.16. The van der Waals surface area contributed by atoms with Gasteiger partial charge in [-0.1, -0.05) is 22.0 Å². The maximum atomic E-state index is 11.4. The number of methoxy groups -OCH3 is 1. The van der Waals surface area contributed by atoms with Crippen molar-refractivity contribution < 1.29 is 9.53 Å². The average molecular weight is 352 g/mol. The summed E-state index contributed by atoms with van der Waals surface area (Å²) < 4.78 is 5.60. The Balaban J connectivity index is 2.06. The number of hydrogen-bond acceptors (Lipinski definition) is 4. The number of nitrogen functional groups attached to an aromatic ring is 1. The molecule has 0 aliphatic carbocycles. The quantitative estimate of drug-likeness (QED) is 0.511. The normalized spacial score (nSPS) is 10.3. The van der Waals surface area contributed by atoms with Gasteiger partial charge < -0.3 is 10.5 Å². The van der Waals surface area contributed by atoms with Crippen LogP contribution in [0.5, 0.6) is 0 Å². The van der Waals surface area contributed by atoms with Crippen molar-refractivity contribution in [3.8, 4) is 0 Å². The van der Waals surface area contributed by atoms with Crippen molar-refractivity contribution >= 4 is 39.3 Å². The molecule has 2 aromatic rings. The summed E-state index contributed by atoms with van der Waals surface area (Å²) in [6, 6.07) is 13.3. The molecule has 0 bridgehead atoms. The molecular weight excluding hydrogens is 338 g/mol. The highest BCUT2D eigenvalue weighted by atomic mass is 79.9. The number of hydrogen-bond donors (Lipinski definition) is 1. The molecule has 0 aromatic heterocycles. The molecule has 0 spiro atoms. The Morgan fingerprint density at radius 3 is 2.55 bits per heavy atom. The fraction of sp³-hybridized carbons (Fsp3) is 0.133. The Labute approximate surface area is 130 Å². The third-order valence-corrected chi connectivity index (χ3v) is 4.55. The summed E-state index contributed by atoms with van der Waals surface area (Å²) in [7, 11) is 1.38. The molecular formula is C15H14BrNO2S. The lowest BCUT2D eigenvalue weighted by Crippen LogP contribution is -2.01. The van der Waals surface area contributed by atoms with Crippen LogP contribution in [-0.2, 0) is 10.5 Å². The summed E-state index contributed by atoms with van der Waals surface area (Å²) >= 11 is 5.20. The van der Waals surface area contributed by atoms with E-state index in [1.54, 1.807) is 23.9 Å². The fourth-order valence-electron chi connectivity index (χ4n) is 1.63. The minimum Gasteiger partial charge on any atom is -0.465 e. The third-order valence-electron chi connectivity index (χ3n) is 2.75. The highest BCUT2D eigenvalue weighted by molar-refractivity contribution is 9.10. The molecule has 0 aliphatic heterocycles. The van der Waals surface area contributed by atoms with E-state index in [1.807, 2.05) is 30.3 Å². The van der Waals surface area contributed by atoms with E-state index in [2.05, 4.69) is 15.9 Å². The van der Waals surface area contributed by atoms with Gasteiger partial charge in [0.2, 0.25) is 0 Å². The zero-order chi connectivity index (χ0) is 14.5. The monoisotopic (exact) mass is 351 g/mol. The van der Waals surface area contributed by atoms with E-state index in [9.17, 15) is 4.79 Å². The van der Waals surface area contributed by atoms with Gasteiger partial charge in [0.15, 0.2) is 0 Å². The van der Waals surface area contributed by atoms with Crippen LogP contribution in [0, 0.1) is 0 Å². The molecule has 0 amide bonds. The van der Waals surface area contributed by atoms with Crippen molar-refractivity contribution in [1.29, 1.82) is 0 Å². The van der Waals surface area contributed by atoms with E-state index in [-0.39, 0.29) is 5.97 Å². The highest BCUT2D eigenvalue weighted by Gasteiger charge is 2.08. The van der Waals surface area contributed by atoms with E-state index >= 15 is 0 Å². The minimum absolute atomic E-state index is 0.330. The first-order valence-corrected chi connectivity index (χ1v) is 7.73. The van der Waals surface area contributed by atoms with E-state index in [4.69, 9.17) is 10.5 Å². The van der Waals surface area contributed by atoms with Crippen LogP contribution in [0.4, 0.5) is 5.69 Å². The Bertz CT molecular complexity index is 614. The van der Waals surface area contributed by atoms with E-state index in [0.717, 1.165) is 26.4 Å². The lowest BCUT2D eigenvalue weighted by atomic mass is 10.1. The molecule has 2 aromatic carbocycles. The van der Waals surface area contributed by atoms with Gasteiger partial charge in [-0.15, -0.1) is 11.8 Å². The van der Waals surface area contributed by atoms with Gasteiger partial charge in [0.25, 0.3) is 0 Å². The van der Waals surface area contributed by atoms with Crippen molar-refractivity contribution in [2.24, 2.45) is 0 Å². The number of carbonyl (C=O) groups excluding carboxylic acids is 1. The smallest absolute Gasteiger partial charge is 0.337 e. The van der Waals surface area contributed by atoms with Crippen molar-refractivity contribution in [3.05, 3.63) is 58.1 Å². The van der Waals surface area contributed by atoms with Gasteiger partial charge in [-0.25, -0.2) is 4.79 Å². The van der Waals surface area contributed by atoms with Crippen molar-refractivity contribution in [1.82, 2.24) is 0 Å². The molecule has 0 radical (unpaired) electrons. The average Bonchev–Trinajstić information content (AvgIpc) is 2.46. The van der Waals surface area contributed by atoms with Crippen LogP contribution >= 0.6 is 27.7 Å². The molecule has 2 rings (SSSR count). The Morgan fingerprint density at radius 1 is 1.25 bits per heavy atom. The maximum absolute atomic E-state index is 11.4. The van der Waals surface area contributed by atoms with Gasteiger partial charge >= 0.3 is 5.97 Å². The second-order valence-corrected chi connectivity index (χ2v) is 6.06. The zero-order valence-electron chi connectivity index (χ0n) is 10.9. The molecule has 20 heavy (non-hydrogen) atoms. The maximum Gasteiger partial charge on any atom is 0.337 e. The molecule has 0 atom stereocenters. The minimum atomic E-state index is -0.330. The summed E-state index contributed by atoms with van der Waals surface area (Å²) in [5.41, 5.74) is 8.08. The van der Waals surface area contributed by atoms with Gasteiger partial charge in [0, 0.05) is 20.8 Å². The fourth-order valence-corrected chi connectivity index (χ4v) is 3.24. The molecule has 2 N–H and O–H groups in total. The molecule has 5 heteroatoms. The van der Waals surface area contributed by atoms with Crippen LogP contribution < -0.4 is 5.73 Å². The van der Waals surface area contributed by atoms with E-state index in [0.29, 0.717) is 5.56 Å². The summed E-state index contributed by atoms with van der Waals surface area (Å²) in [5.74, 6) is 0.481. The first-order chi connectivity index (χ1) is 9.60. The van der Waals surface area contributed by atoms with Gasteiger partial charge in [0.05, 0.1) is 12.7 Å².